The summed E-state index contributed by atoms with van der Waals surface area (Å²) in [5.41, 5.74) is 1.40. The summed E-state index contributed by atoms with van der Waals surface area (Å²) in [6.45, 7) is 3.76. The standard InChI is InChI=1S/C20H21FN2O2/c1-14-9-11-23(12-10-14)20(25)16-7-5-15(6-8-16)19(24)22-18-4-2-3-17(21)13-18/h2-8,13-14H,9-12H2,1H3,(H,22,24). The Kier molecular flexibility index (Phi) is 5.12. The fourth-order valence-corrected chi connectivity index (χ4v) is 2.93. The van der Waals surface area contributed by atoms with Crippen LogP contribution in [-0.2, 0) is 0 Å². The molecule has 0 aliphatic carbocycles. The molecule has 1 fully saturated rings. The highest BCUT2D eigenvalue weighted by Crippen LogP contribution is 2.19. The molecule has 0 saturated carbocycles. The number of anilines is 1. The van der Waals surface area contributed by atoms with Crippen LogP contribution in [0.1, 0.15) is 40.5 Å². The zero-order valence-corrected chi connectivity index (χ0v) is 14.2. The second-order valence-corrected chi connectivity index (χ2v) is 6.52. The topological polar surface area (TPSA) is 49.4 Å². The van der Waals surface area contributed by atoms with E-state index < -0.39 is 5.82 Å². The fraction of sp³-hybridized carbons (Fsp3) is 0.300. The van der Waals surface area contributed by atoms with Gasteiger partial charge in [-0.15, -0.1) is 0 Å². The molecule has 0 spiro atoms. The number of hydrogen-bond acceptors (Lipinski definition) is 2. The van der Waals surface area contributed by atoms with E-state index in [-0.39, 0.29) is 11.8 Å². The van der Waals surface area contributed by atoms with Crippen LogP contribution in [0.2, 0.25) is 0 Å². The quantitative estimate of drug-likeness (QED) is 0.920. The van der Waals surface area contributed by atoms with Crippen LogP contribution >= 0.6 is 0 Å². The maximum Gasteiger partial charge on any atom is 0.255 e. The van der Waals surface area contributed by atoms with Gasteiger partial charge in [0.15, 0.2) is 0 Å². The normalized spacial score (nSPS) is 15.0. The molecule has 3 rings (SSSR count). The van der Waals surface area contributed by atoms with Gasteiger partial charge in [-0.1, -0.05) is 13.0 Å². The maximum absolute atomic E-state index is 13.2. The zero-order chi connectivity index (χ0) is 17.8. The van der Waals surface area contributed by atoms with Crippen LogP contribution < -0.4 is 5.32 Å². The smallest absolute Gasteiger partial charge is 0.255 e. The molecule has 0 aromatic heterocycles. The Balaban J connectivity index is 1.65. The number of piperidine rings is 1. The molecule has 4 nitrogen and oxygen atoms in total. The van der Waals surface area contributed by atoms with Gasteiger partial charge in [0.25, 0.3) is 11.8 Å². The van der Waals surface area contributed by atoms with Gasteiger partial charge < -0.3 is 10.2 Å². The van der Waals surface area contributed by atoms with Gasteiger partial charge in [-0.2, -0.15) is 0 Å². The number of hydrogen-bond donors (Lipinski definition) is 1. The summed E-state index contributed by atoms with van der Waals surface area (Å²) in [4.78, 5) is 26.6. The van der Waals surface area contributed by atoms with Crippen LogP contribution in [0, 0.1) is 11.7 Å². The van der Waals surface area contributed by atoms with Gasteiger partial charge >= 0.3 is 0 Å². The number of likely N-dealkylation sites (tertiary alicyclic amines) is 1. The van der Waals surface area contributed by atoms with E-state index in [1.165, 1.54) is 18.2 Å². The predicted octanol–water partition coefficient (Wildman–Crippen LogP) is 3.95. The van der Waals surface area contributed by atoms with Crippen molar-refractivity contribution in [2.75, 3.05) is 18.4 Å². The first-order chi connectivity index (χ1) is 12.0. The van der Waals surface area contributed by atoms with E-state index in [9.17, 15) is 14.0 Å². The first-order valence-electron chi connectivity index (χ1n) is 8.49. The molecule has 2 aromatic carbocycles. The monoisotopic (exact) mass is 340 g/mol. The second-order valence-electron chi connectivity index (χ2n) is 6.52. The lowest BCUT2D eigenvalue weighted by Crippen LogP contribution is -2.37. The van der Waals surface area contributed by atoms with E-state index in [4.69, 9.17) is 0 Å². The summed E-state index contributed by atoms with van der Waals surface area (Å²) in [6, 6.07) is 12.3. The van der Waals surface area contributed by atoms with Crippen molar-refractivity contribution in [3.63, 3.8) is 0 Å². The van der Waals surface area contributed by atoms with Crippen molar-refractivity contribution in [3.05, 3.63) is 65.5 Å². The Labute approximate surface area is 146 Å². The molecule has 5 heteroatoms. The van der Waals surface area contributed by atoms with Crippen molar-refractivity contribution < 1.29 is 14.0 Å². The Morgan fingerprint density at radius 1 is 1.04 bits per heavy atom. The number of nitrogens with zero attached hydrogens (tertiary/aromatic N) is 1. The van der Waals surface area contributed by atoms with Crippen LogP contribution in [-0.4, -0.2) is 29.8 Å². The molecule has 1 heterocycles. The van der Waals surface area contributed by atoms with Gasteiger partial charge in [0.1, 0.15) is 5.82 Å². The van der Waals surface area contributed by atoms with E-state index in [1.54, 1.807) is 30.3 Å². The van der Waals surface area contributed by atoms with Crippen LogP contribution in [0.3, 0.4) is 0 Å². The Bertz CT molecular complexity index is 766. The highest BCUT2D eigenvalue weighted by molar-refractivity contribution is 6.05. The summed E-state index contributed by atoms with van der Waals surface area (Å²) in [5.74, 6) is -0.0760. The lowest BCUT2D eigenvalue weighted by atomic mass is 9.98. The van der Waals surface area contributed by atoms with E-state index in [0.717, 1.165) is 25.9 Å². The maximum atomic E-state index is 13.2. The molecular weight excluding hydrogens is 319 g/mol. The molecule has 130 valence electrons. The van der Waals surface area contributed by atoms with Crippen LogP contribution in [0.4, 0.5) is 10.1 Å². The minimum Gasteiger partial charge on any atom is -0.339 e. The molecular formula is C20H21FN2O2. The third-order valence-corrected chi connectivity index (χ3v) is 4.55. The van der Waals surface area contributed by atoms with E-state index in [2.05, 4.69) is 12.2 Å². The molecule has 2 amide bonds. The van der Waals surface area contributed by atoms with Crippen molar-refractivity contribution in [2.45, 2.75) is 19.8 Å². The molecule has 0 bridgehead atoms. The van der Waals surface area contributed by atoms with E-state index >= 15 is 0 Å². The van der Waals surface area contributed by atoms with Gasteiger partial charge in [-0.05, 0) is 61.2 Å². The largest absolute Gasteiger partial charge is 0.339 e. The van der Waals surface area contributed by atoms with Gasteiger partial charge in [-0.3, -0.25) is 9.59 Å². The highest BCUT2D eigenvalue weighted by Gasteiger charge is 2.21. The number of halogens is 1. The summed E-state index contributed by atoms with van der Waals surface area (Å²) in [6.07, 6.45) is 2.06. The number of carbonyl (C=O) groups excluding carboxylic acids is 2. The zero-order valence-electron chi connectivity index (χ0n) is 14.2. The SMILES string of the molecule is CC1CCN(C(=O)c2ccc(C(=O)Nc3cccc(F)c3)cc2)CC1. The second kappa shape index (κ2) is 7.47. The minimum absolute atomic E-state index is 0.00369. The highest BCUT2D eigenvalue weighted by atomic mass is 19.1. The van der Waals surface area contributed by atoms with E-state index in [1.807, 2.05) is 4.90 Å². The number of amides is 2. The van der Waals surface area contributed by atoms with Crippen LogP contribution in [0.25, 0.3) is 0 Å². The number of benzene rings is 2. The first-order valence-corrected chi connectivity index (χ1v) is 8.49. The average molecular weight is 340 g/mol. The Morgan fingerprint density at radius 2 is 1.68 bits per heavy atom. The lowest BCUT2D eigenvalue weighted by molar-refractivity contribution is 0.0697. The van der Waals surface area contributed by atoms with E-state index in [0.29, 0.717) is 22.7 Å². The molecule has 0 unspecified atom stereocenters. The molecule has 1 saturated heterocycles. The molecule has 2 aromatic rings. The predicted molar refractivity (Wildman–Crippen MR) is 95.1 cm³/mol. The first kappa shape index (κ1) is 17.1. The van der Waals surface area contributed by atoms with Crippen LogP contribution in [0.15, 0.2) is 48.5 Å². The van der Waals surface area contributed by atoms with Crippen molar-refractivity contribution in [1.82, 2.24) is 4.90 Å². The summed E-state index contributed by atoms with van der Waals surface area (Å²) < 4.78 is 13.2. The molecule has 0 atom stereocenters. The summed E-state index contributed by atoms with van der Waals surface area (Å²) in [5, 5.41) is 2.64. The third kappa shape index (κ3) is 4.24. The molecule has 1 N–H and O–H groups in total. The van der Waals surface area contributed by atoms with Crippen molar-refractivity contribution in [1.29, 1.82) is 0 Å². The Hall–Kier alpha value is -2.69. The number of rotatable bonds is 3. The van der Waals surface area contributed by atoms with Crippen molar-refractivity contribution in [2.24, 2.45) is 5.92 Å². The third-order valence-electron chi connectivity index (χ3n) is 4.55. The molecule has 1 aliphatic heterocycles. The van der Waals surface area contributed by atoms with Crippen LogP contribution in [0.5, 0.6) is 0 Å². The van der Waals surface area contributed by atoms with Gasteiger partial charge in [0.05, 0.1) is 0 Å². The van der Waals surface area contributed by atoms with Gasteiger partial charge in [0, 0.05) is 29.9 Å². The number of nitrogens with one attached hydrogen (secondary N) is 1. The summed E-state index contributed by atoms with van der Waals surface area (Å²) in [7, 11) is 0. The van der Waals surface area contributed by atoms with Gasteiger partial charge in [-0.25, -0.2) is 4.39 Å². The minimum atomic E-state index is -0.408. The van der Waals surface area contributed by atoms with Crippen molar-refractivity contribution in [3.8, 4) is 0 Å². The number of carbonyl (C=O) groups is 2. The van der Waals surface area contributed by atoms with Gasteiger partial charge in [0.2, 0.25) is 0 Å². The molecule has 0 radical (unpaired) electrons. The lowest BCUT2D eigenvalue weighted by Gasteiger charge is -2.30. The summed E-state index contributed by atoms with van der Waals surface area (Å²) >= 11 is 0. The molecule has 1 aliphatic rings. The Morgan fingerprint density at radius 3 is 2.32 bits per heavy atom. The molecule has 25 heavy (non-hydrogen) atoms. The average Bonchev–Trinajstić information content (AvgIpc) is 2.62. The van der Waals surface area contributed by atoms with Crippen molar-refractivity contribution >= 4 is 17.5 Å². The fourth-order valence-electron chi connectivity index (χ4n) is 2.93.